The van der Waals surface area contributed by atoms with Crippen LogP contribution in [0.2, 0.25) is 0 Å². The molecule has 3 N–H and O–H groups in total. The van der Waals surface area contributed by atoms with Crippen molar-refractivity contribution in [3.05, 3.63) is 59.7 Å². The van der Waals surface area contributed by atoms with E-state index in [0.29, 0.717) is 0 Å². The third-order valence-corrected chi connectivity index (χ3v) is 5.66. The van der Waals surface area contributed by atoms with Gasteiger partial charge >= 0.3 is 5.97 Å². The lowest BCUT2D eigenvalue weighted by Crippen LogP contribution is -2.36. The topological polar surface area (TPSA) is 146 Å². The lowest BCUT2D eigenvalue weighted by atomic mass is 9.76. The lowest BCUT2D eigenvalue weighted by molar-refractivity contribution is -0.141. The van der Waals surface area contributed by atoms with E-state index in [4.69, 9.17) is 0 Å². The Kier molecular flexibility index (Phi) is 4.75. The molecule has 0 aliphatic rings. The third kappa shape index (κ3) is 3.42. The SMILES string of the molecule is CC(C(=O)O)(c1ccccc1S(=O)(=O)O)c1ccccc1S(=O)(=O)O. The maximum atomic E-state index is 12.0. The van der Waals surface area contributed by atoms with Gasteiger partial charge in [-0.25, -0.2) is 0 Å². The van der Waals surface area contributed by atoms with E-state index in [1.54, 1.807) is 0 Å². The molecule has 2 rings (SSSR count). The first-order valence-electron chi connectivity index (χ1n) is 6.77. The normalized spacial score (nSPS) is 12.8. The van der Waals surface area contributed by atoms with Crippen LogP contribution in [0.3, 0.4) is 0 Å². The number of hydrogen-bond acceptors (Lipinski definition) is 5. The van der Waals surface area contributed by atoms with Gasteiger partial charge in [0.15, 0.2) is 0 Å². The smallest absolute Gasteiger partial charge is 0.318 e. The molecular weight excluding hydrogens is 372 g/mol. The molecule has 0 aromatic heterocycles. The molecule has 0 fully saturated rings. The first kappa shape index (κ1) is 19.1. The average Bonchev–Trinajstić information content (AvgIpc) is 2.52. The van der Waals surface area contributed by atoms with Gasteiger partial charge in [0.25, 0.3) is 20.2 Å². The fraction of sp³-hybridized carbons (Fsp3) is 0.133. The third-order valence-electron chi connectivity index (χ3n) is 3.84. The minimum atomic E-state index is -4.78. The molecule has 2 aromatic carbocycles. The number of aliphatic carboxylic acids is 1. The summed E-state index contributed by atoms with van der Waals surface area (Å²) >= 11 is 0. The van der Waals surface area contributed by atoms with Gasteiger partial charge in [-0.05, 0) is 30.2 Å². The largest absolute Gasteiger partial charge is 0.480 e. The monoisotopic (exact) mass is 386 g/mol. The highest BCUT2D eigenvalue weighted by Crippen LogP contribution is 2.39. The summed E-state index contributed by atoms with van der Waals surface area (Å²) in [7, 11) is -9.56. The van der Waals surface area contributed by atoms with Gasteiger partial charge in [-0.3, -0.25) is 13.9 Å². The van der Waals surface area contributed by atoms with Crippen LogP contribution < -0.4 is 0 Å². The fourth-order valence-electron chi connectivity index (χ4n) is 2.58. The summed E-state index contributed by atoms with van der Waals surface area (Å²) < 4.78 is 65.3. The van der Waals surface area contributed by atoms with E-state index in [1.165, 1.54) is 24.3 Å². The van der Waals surface area contributed by atoms with Gasteiger partial charge in [0, 0.05) is 0 Å². The van der Waals surface area contributed by atoms with E-state index >= 15 is 0 Å². The van der Waals surface area contributed by atoms with Crippen LogP contribution in [0.4, 0.5) is 0 Å². The second-order valence-electron chi connectivity index (χ2n) is 5.37. The molecular formula is C15H14O8S2. The molecule has 0 saturated heterocycles. The van der Waals surface area contributed by atoms with Gasteiger partial charge in [-0.2, -0.15) is 16.8 Å². The van der Waals surface area contributed by atoms with Gasteiger partial charge in [0.1, 0.15) is 5.41 Å². The van der Waals surface area contributed by atoms with Crippen LogP contribution in [0.1, 0.15) is 18.1 Å². The Labute approximate surface area is 144 Å². The quantitative estimate of drug-likeness (QED) is 0.656. The van der Waals surface area contributed by atoms with Crippen molar-refractivity contribution in [2.24, 2.45) is 0 Å². The highest BCUT2D eigenvalue weighted by Gasteiger charge is 2.43. The summed E-state index contributed by atoms with van der Waals surface area (Å²) in [5.74, 6) is -1.57. The van der Waals surface area contributed by atoms with Gasteiger partial charge < -0.3 is 5.11 Å². The zero-order chi connectivity index (χ0) is 19.0. The predicted octanol–water partition coefficient (Wildman–Crippen LogP) is 1.57. The highest BCUT2D eigenvalue weighted by atomic mass is 32.2. The maximum absolute atomic E-state index is 12.0. The van der Waals surface area contributed by atoms with E-state index in [0.717, 1.165) is 31.2 Å². The molecule has 0 amide bonds. The molecule has 0 aliphatic heterocycles. The van der Waals surface area contributed by atoms with Gasteiger partial charge in [-0.1, -0.05) is 36.4 Å². The molecule has 0 saturated carbocycles. The molecule has 10 heteroatoms. The predicted molar refractivity (Wildman–Crippen MR) is 86.6 cm³/mol. The molecule has 2 aromatic rings. The minimum Gasteiger partial charge on any atom is -0.480 e. The molecule has 0 radical (unpaired) electrons. The zero-order valence-electron chi connectivity index (χ0n) is 12.8. The van der Waals surface area contributed by atoms with Crippen LogP contribution >= 0.6 is 0 Å². The minimum absolute atomic E-state index is 0.346. The molecule has 0 heterocycles. The summed E-state index contributed by atoms with van der Waals surface area (Å²) in [6.45, 7) is 1.09. The van der Waals surface area contributed by atoms with E-state index < -0.39 is 41.4 Å². The van der Waals surface area contributed by atoms with Crippen molar-refractivity contribution in [3.8, 4) is 0 Å². The Morgan fingerprint density at radius 2 is 1.12 bits per heavy atom. The first-order valence-corrected chi connectivity index (χ1v) is 9.65. The summed E-state index contributed by atoms with van der Waals surface area (Å²) in [6, 6.07) is 9.56. The standard InChI is InChI=1S/C15H14O8S2/c1-15(14(16)17,10-6-2-4-8-12(10)24(18,19)20)11-7-3-5-9-13(11)25(21,22)23/h2-9H,1H3,(H,16,17)(H,18,19,20)(H,21,22,23). The number of carboxylic acid groups (broad SMARTS) is 1. The van der Waals surface area contributed by atoms with Crippen LogP contribution in [0.15, 0.2) is 58.3 Å². The average molecular weight is 386 g/mol. The Balaban J connectivity index is 2.97. The number of hydrogen-bond donors (Lipinski definition) is 3. The molecule has 0 bridgehead atoms. The van der Waals surface area contributed by atoms with Crippen LogP contribution in [-0.4, -0.2) is 37.0 Å². The van der Waals surface area contributed by atoms with Gasteiger partial charge in [-0.15, -0.1) is 0 Å². The van der Waals surface area contributed by atoms with Crippen molar-refractivity contribution < 1.29 is 35.8 Å². The van der Waals surface area contributed by atoms with E-state index in [1.807, 2.05) is 0 Å². The molecule has 0 atom stereocenters. The van der Waals surface area contributed by atoms with Gasteiger partial charge in [0.05, 0.1) is 9.79 Å². The van der Waals surface area contributed by atoms with Crippen molar-refractivity contribution in [1.82, 2.24) is 0 Å². The number of carbonyl (C=O) groups is 1. The van der Waals surface area contributed by atoms with Crippen LogP contribution in [-0.2, 0) is 30.4 Å². The van der Waals surface area contributed by atoms with Crippen LogP contribution in [0.5, 0.6) is 0 Å². The fourth-order valence-corrected chi connectivity index (χ4v) is 4.19. The number of carboxylic acids is 1. The van der Waals surface area contributed by atoms with Crippen LogP contribution in [0.25, 0.3) is 0 Å². The Bertz CT molecular complexity index is 963. The molecule has 134 valence electrons. The summed E-state index contributed by atoms with van der Waals surface area (Å²) in [6.07, 6.45) is 0. The Morgan fingerprint density at radius 3 is 1.40 bits per heavy atom. The molecule has 0 aliphatic carbocycles. The van der Waals surface area contributed by atoms with Crippen LogP contribution in [0, 0.1) is 0 Å². The summed E-state index contributed by atoms with van der Waals surface area (Å²) in [5, 5.41) is 9.77. The number of benzene rings is 2. The summed E-state index contributed by atoms with van der Waals surface area (Å²) in [4.78, 5) is 10.7. The zero-order valence-corrected chi connectivity index (χ0v) is 14.5. The summed E-state index contributed by atoms with van der Waals surface area (Å²) in [5.41, 5.74) is -2.87. The second kappa shape index (κ2) is 6.23. The van der Waals surface area contributed by atoms with Crippen molar-refractivity contribution in [1.29, 1.82) is 0 Å². The van der Waals surface area contributed by atoms with E-state index in [9.17, 15) is 35.8 Å². The lowest BCUT2D eigenvalue weighted by Gasteiger charge is -2.28. The Hall–Kier alpha value is -2.27. The molecule has 0 spiro atoms. The van der Waals surface area contributed by atoms with Crippen molar-refractivity contribution >= 4 is 26.2 Å². The first-order chi connectivity index (χ1) is 11.4. The molecule has 0 unspecified atom stereocenters. The molecule has 8 nitrogen and oxygen atoms in total. The molecule has 25 heavy (non-hydrogen) atoms. The van der Waals surface area contributed by atoms with Crippen molar-refractivity contribution in [2.45, 2.75) is 22.1 Å². The van der Waals surface area contributed by atoms with E-state index in [2.05, 4.69) is 0 Å². The number of rotatable bonds is 5. The van der Waals surface area contributed by atoms with Crippen molar-refractivity contribution in [3.63, 3.8) is 0 Å². The highest BCUT2D eigenvalue weighted by molar-refractivity contribution is 7.86. The second-order valence-corrected chi connectivity index (χ2v) is 8.15. The maximum Gasteiger partial charge on any atom is 0.318 e. The van der Waals surface area contributed by atoms with Crippen molar-refractivity contribution in [2.75, 3.05) is 0 Å². The van der Waals surface area contributed by atoms with Gasteiger partial charge in [0.2, 0.25) is 0 Å². The Morgan fingerprint density at radius 1 is 0.800 bits per heavy atom. The van der Waals surface area contributed by atoms with E-state index in [-0.39, 0.29) is 11.1 Å².